The Morgan fingerprint density at radius 1 is 1.44 bits per heavy atom. The lowest BCUT2D eigenvalue weighted by molar-refractivity contribution is -0.142. The van der Waals surface area contributed by atoms with Gasteiger partial charge in [-0.25, -0.2) is 8.78 Å². The molecule has 0 aromatic carbocycles. The molecule has 1 fully saturated rings. The Labute approximate surface area is 48.6 Å². The highest BCUT2D eigenvalue weighted by Gasteiger charge is 2.55. The summed E-state index contributed by atoms with van der Waals surface area (Å²) >= 11 is 0. The van der Waals surface area contributed by atoms with Gasteiger partial charge >= 0.3 is 12.3 Å². The minimum absolute atomic E-state index is 0.253. The van der Waals surface area contributed by atoms with Gasteiger partial charge in [0, 0.05) is 0 Å². The van der Waals surface area contributed by atoms with E-state index in [1.165, 1.54) is 0 Å². The highest BCUT2D eigenvalue weighted by atomic mass is 19.3. The Kier molecular flexibility index (Phi) is 1.38. The van der Waals surface area contributed by atoms with Gasteiger partial charge in [-0.05, 0) is 0 Å². The van der Waals surface area contributed by atoms with Gasteiger partial charge in [0.1, 0.15) is 0 Å². The van der Waals surface area contributed by atoms with Crippen LogP contribution in [0.4, 0.5) is 17.6 Å². The molecular weight excluding hydrogens is 140 g/mol. The molecule has 0 amide bonds. The summed E-state index contributed by atoms with van der Waals surface area (Å²) in [7, 11) is 0. The first-order chi connectivity index (χ1) is 4.05. The van der Waals surface area contributed by atoms with Crippen LogP contribution < -0.4 is 0 Å². The van der Waals surface area contributed by atoms with Crippen LogP contribution in [-0.4, -0.2) is 25.1 Å². The molecule has 1 aliphatic rings. The summed E-state index contributed by atoms with van der Waals surface area (Å²) in [5.74, 6) is -3.94. The van der Waals surface area contributed by atoms with Crippen LogP contribution in [0.3, 0.4) is 0 Å². The van der Waals surface area contributed by atoms with Crippen LogP contribution in [0.25, 0.3) is 0 Å². The van der Waals surface area contributed by atoms with E-state index in [2.05, 4.69) is 4.74 Å². The van der Waals surface area contributed by atoms with Crippen molar-refractivity contribution in [2.45, 2.75) is 18.5 Å². The lowest BCUT2D eigenvalue weighted by Crippen LogP contribution is -2.32. The molecule has 1 heterocycles. The van der Waals surface area contributed by atoms with Gasteiger partial charge in [0.25, 0.3) is 0 Å². The largest absolute Gasteiger partial charge is 0.366 e. The van der Waals surface area contributed by atoms with Gasteiger partial charge in [-0.1, -0.05) is 0 Å². The Morgan fingerprint density at radius 3 is 2.00 bits per heavy atom. The molecule has 0 aromatic heterocycles. The van der Waals surface area contributed by atoms with Crippen molar-refractivity contribution in [2.24, 2.45) is 0 Å². The topological polar surface area (TPSA) is 12.5 Å². The van der Waals surface area contributed by atoms with E-state index in [-0.39, 0.29) is 6.61 Å². The minimum atomic E-state index is -3.94. The number of rotatable bonds is 2. The van der Waals surface area contributed by atoms with E-state index in [9.17, 15) is 17.6 Å². The molecule has 9 heavy (non-hydrogen) atoms. The highest BCUT2D eigenvalue weighted by molar-refractivity contribution is 4.87. The molecule has 1 unspecified atom stereocenters. The average Bonchev–Trinajstić information content (AvgIpc) is 2.42. The van der Waals surface area contributed by atoms with Crippen LogP contribution in [0.5, 0.6) is 0 Å². The van der Waals surface area contributed by atoms with Crippen molar-refractivity contribution in [1.29, 1.82) is 0 Å². The second-order valence-corrected chi connectivity index (χ2v) is 1.80. The number of epoxide rings is 1. The lowest BCUT2D eigenvalue weighted by atomic mass is 10.3. The number of alkyl halides is 4. The molecule has 0 saturated carbocycles. The molecule has 1 nitrogen and oxygen atoms in total. The van der Waals surface area contributed by atoms with Crippen LogP contribution in [-0.2, 0) is 4.74 Å². The normalized spacial score (nSPS) is 27.0. The monoisotopic (exact) mass is 144 g/mol. The van der Waals surface area contributed by atoms with E-state index in [0.717, 1.165) is 0 Å². The average molecular weight is 144 g/mol. The van der Waals surface area contributed by atoms with Crippen molar-refractivity contribution in [3.63, 3.8) is 0 Å². The predicted octanol–water partition coefficient (Wildman–Crippen LogP) is 1.29. The summed E-state index contributed by atoms with van der Waals surface area (Å²) < 4.78 is 50.3. The molecule has 0 radical (unpaired) electrons. The number of hydrogen-bond donors (Lipinski definition) is 0. The molecule has 0 N–H and O–H groups in total. The van der Waals surface area contributed by atoms with E-state index < -0.39 is 18.5 Å². The zero-order valence-corrected chi connectivity index (χ0v) is 4.28. The fourth-order valence-corrected chi connectivity index (χ4v) is 0.411. The standard InChI is InChI=1S/C4H4F4O/c5-3(6)4(7,8)2-1-9-2/h2-3H,1H2. The van der Waals surface area contributed by atoms with Crippen molar-refractivity contribution in [3.05, 3.63) is 0 Å². The molecule has 0 aliphatic carbocycles. The summed E-state index contributed by atoms with van der Waals surface area (Å²) in [6.45, 7) is -0.253. The van der Waals surface area contributed by atoms with E-state index >= 15 is 0 Å². The molecule has 0 bridgehead atoms. The lowest BCUT2D eigenvalue weighted by Gasteiger charge is -2.10. The van der Waals surface area contributed by atoms with Crippen LogP contribution in [0.2, 0.25) is 0 Å². The van der Waals surface area contributed by atoms with Crippen molar-refractivity contribution < 1.29 is 22.3 Å². The molecule has 0 spiro atoms. The molecule has 5 heteroatoms. The third kappa shape index (κ3) is 1.15. The van der Waals surface area contributed by atoms with Gasteiger partial charge in [0.15, 0.2) is 6.10 Å². The summed E-state index contributed by atoms with van der Waals surface area (Å²) in [6.07, 6.45) is -5.15. The van der Waals surface area contributed by atoms with Gasteiger partial charge in [0.05, 0.1) is 6.61 Å². The first kappa shape index (κ1) is 6.80. The van der Waals surface area contributed by atoms with Gasteiger partial charge in [-0.3, -0.25) is 0 Å². The zero-order valence-electron chi connectivity index (χ0n) is 4.28. The van der Waals surface area contributed by atoms with Crippen molar-refractivity contribution in [1.82, 2.24) is 0 Å². The maximum Gasteiger partial charge on any atom is 0.335 e. The maximum absolute atomic E-state index is 11.9. The zero-order chi connectivity index (χ0) is 7.07. The molecule has 1 aliphatic heterocycles. The Morgan fingerprint density at radius 2 is 1.89 bits per heavy atom. The second-order valence-electron chi connectivity index (χ2n) is 1.80. The second kappa shape index (κ2) is 1.83. The van der Waals surface area contributed by atoms with E-state index in [1.54, 1.807) is 0 Å². The van der Waals surface area contributed by atoms with Gasteiger partial charge in [0.2, 0.25) is 0 Å². The van der Waals surface area contributed by atoms with Crippen LogP contribution in [0.15, 0.2) is 0 Å². The van der Waals surface area contributed by atoms with E-state index in [0.29, 0.717) is 0 Å². The number of halogens is 4. The van der Waals surface area contributed by atoms with Crippen LogP contribution >= 0.6 is 0 Å². The van der Waals surface area contributed by atoms with Crippen molar-refractivity contribution in [3.8, 4) is 0 Å². The Bertz CT molecular complexity index is 105. The fourth-order valence-electron chi connectivity index (χ4n) is 0.411. The predicted molar refractivity (Wildman–Crippen MR) is 20.7 cm³/mol. The molecule has 1 saturated heterocycles. The van der Waals surface area contributed by atoms with Crippen molar-refractivity contribution >= 4 is 0 Å². The van der Waals surface area contributed by atoms with Crippen LogP contribution in [0.1, 0.15) is 0 Å². The fraction of sp³-hybridized carbons (Fsp3) is 1.00. The SMILES string of the molecule is FC(F)C(F)(F)C1CO1. The quantitative estimate of drug-likeness (QED) is 0.420. The summed E-state index contributed by atoms with van der Waals surface area (Å²) in [5.41, 5.74) is 0. The Hall–Kier alpha value is -0.320. The van der Waals surface area contributed by atoms with Gasteiger partial charge in [-0.15, -0.1) is 0 Å². The third-order valence-electron chi connectivity index (χ3n) is 1.05. The maximum atomic E-state index is 11.9. The van der Waals surface area contributed by atoms with Crippen molar-refractivity contribution in [2.75, 3.05) is 6.61 Å². The molecule has 1 atom stereocenters. The van der Waals surface area contributed by atoms with Gasteiger partial charge < -0.3 is 4.74 Å². The van der Waals surface area contributed by atoms with Crippen LogP contribution in [0, 0.1) is 0 Å². The first-order valence-electron chi connectivity index (χ1n) is 2.32. The highest BCUT2D eigenvalue weighted by Crippen LogP contribution is 2.35. The number of hydrogen-bond acceptors (Lipinski definition) is 1. The molecule has 0 aromatic rings. The summed E-state index contributed by atoms with van der Waals surface area (Å²) in [6, 6.07) is 0. The molecule has 1 rings (SSSR count). The van der Waals surface area contributed by atoms with E-state index in [1.807, 2.05) is 0 Å². The minimum Gasteiger partial charge on any atom is -0.366 e. The Balaban J connectivity index is 2.48. The van der Waals surface area contributed by atoms with Gasteiger partial charge in [-0.2, -0.15) is 8.78 Å². The van der Waals surface area contributed by atoms with E-state index in [4.69, 9.17) is 0 Å². The summed E-state index contributed by atoms with van der Waals surface area (Å²) in [4.78, 5) is 0. The smallest absolute Gasteiger partial charge is 0.335 e. The molecular formula is C4H4F4O. The first-order valence-corrected chi connectivity index (χ1v) is 2.32. The molecule has 54 valence electrons. The number of ether oxygens (including phenoxy) is 1. The summed E-state index contributed by atoms with van der Waals surface area (Å²) in [5, 5.41) is 0. The third-order valence-corrected chi connectivity index (χ3v) is 1.05.